The highest BCUT2D eigenvalue weighted by Gasteiger charge is 2.10. The van der Waals surface area contributed by atoms with Crippen LogP contribution in [-0.4, -0.2) is 20.2 Å². The Morgan fingerprint density at radius 3 is 2.62 bits per heavy atom. The molecule has 1 heterocycles. The van der Waals surface area contributed by atoms with Crippen LogP contribution in [0.15, 0.2) is 12.1 Å². The van der Waals surface area contributed by atoms with Gasteiger partial charge in [0, 0.05) is 6.42 Å². The molecule has 0 radical (unpaired) electrons. The zero-order valence-electron chi connectivity index (χ0n) is 9.73. The Labute approximate surface area is 94.3 Å². The van der Waals surface area contributed by atoms with Gasteiger partial charge >= 0.3 is 0 Å². The third-order valence-electron chi connectivity index (χ3n) is 2.72. The van der Waals surface area contributed by atoms with Gasteiger partial charge in [-0.2, -0.15) is 4.68 Å². The monoisotopic (exact) mass is 217 g/mol. The highest BCUT2D eigenvalue weighted by Crippen LogP contribution is 2.21. The van der Waals surface area contributed by atoms with E-state index in [4.69, 9.17) is 5.73 Å². The third-order valence-corrected chi connectivity index (χ3v) is 2.72. The van der Waals surface area contributed by atoms with Gasteiger partial charge in [0.15, 0.2) is 5.82 Å². The first-order chi connectivity index (χ1) is 7.63. The molecule has 2 rings (SSSR count). The van der Waals surface area contributed by atoms with Crippen LogP contribution in [0.2, 0.25) is 0 Å². The maximum Gasteiger partial charge on any atom is 0.156 e. The van der Waals surface area contributed by atoms with Gasteiger partial charge in [-0.1, -0.05) is 6.92 Å². The highest BCUT2D eigenvalue weighted by molar-refractivity contribution is 5.60. The Kier molecular flexibility index (Phi) is 2.60. The largest absolute Gasteiger partial charge is 0.397 e. The summed E-state index contributed by atoms with van der Waals surface area (Å²) >= 11 is 0. The van der Waals surface area contributed by atoms with Crippen LogP contribution >= 0.6 is 0 Å². The summed E-state index contributed by atoms with van der Waals surface area (Å²) in [6.07, 6.45) is 0.777. The number of hydrogen-bond donors (Lipinski definition) is 1. The summed E-state index contributed by atoms with van der Waals surface area (Å²) in [6.45, 7) is 6.10. The summed E-state index contributed by atoms with van der Waals surface area (Å²) in [6, 6.07) is 3.96. The number of benzene rings is 1. The van der Waals surface area contributed by atoms with Crippen molar-refractivity contribution < 1.29 is 0 Å². The summed E-state index contributed by atoms with van der Waals surface area (Å²) in [5, 5.41) is 11.6. The van der Waals surface area contributed by atoms with Crippen LogP contribution in [-0.2, 0) is 6.42 Å². The van der Waals surface area contributed by atoms with Crippen molar-refractivity contribution in [2.45, 2.75) is 27.2 Å². The molecule has 0 amide bonds. The van der Waals surface area contributed by atoms with E-state index >= 15 is 0 Å². The number of aryl methyl sites for hydroxylation is 3. The summed E-state index contributed by atoms with van der Waals surface area (Å²) in [7, 11) is 0. The van der Waals surface area contributed by atoms with Gasteiger partial charge in [0.05, 0.1) is 11.4 Å². The quantitative estimate of drug-likeness (QED) is 0.772. The molecule has 2 N–H and O–H groups in total. The second-order valence-electron chi connectivity index (χ2n) is 3.86. The molecule has 1 aromatic carbocycles. The molecule has 0 unspecified atom stereocenters. The number of nitrogens with zero attached hydrogens (tertiary/aromatic N) is 4. The topological polar surface area (TPSA) is 69.6 Å². The average molecular weight is 217 g/mol. The van der Waals surface area contributed by atoms with Crippen molar-refractivity contribution in [3.05, 3.63) is 29.1 Å². The third kappa shape index (κ3) is 1.64. The van der Waals surface area contributed by atoms with Crippen LogP contribution in [0.5, 0.6) is 0 Å². The zero-order valence-corrected chi connectivity index (χ0v) is 9.73. The Morgan fingerprint density at radius 1 is 1.25 bits per heavy atom. The maximum atomic E-state index is 5.99. The zero-order chi connectivity index (χ0) is 11.7. The SMILES string of the molecule is CCc1nnnn1-c1cc(C)c(C)cc1N. The van der Waals surface area contributed by atoms with Crippen LogP contribution < -0.4 is 5.73 Å². The summed E-state index contributed by atoms with van der Waals surface area (Å²) in [5.74, 6) is 0.815. The summed E-state index contributed by atoms with van der Waals surface area (Å²) in [5.41, 5.74) is 9.90. The number of nitrogen functional groups attached to an aromatic ring is 1. The van der Waals surface area contributed by atoms with E-state index in [1.165, 1.54) is 11.1 Å². The second kappa shape index (κ2) is 3.92. The fraction of sp³-hybridized carbons (Fsp3) is 0.364. The van der Waals surface area contributed by atoms with E-state index in [2.05, 4.69) is 15.5 Å². The Balaban J connectivity index is 2.60. The van der Waals surface area contributed by atoms with Crippen molar-refractivity contribution in [2.24, 2.45) is 0 Å². The first-order valence-corrected chi connectivity index (χ1v) is 5.27. The molecule has 0 fully saturated rings. The number of rotatable bonds is 2. The normalized spacial score (nSPS) is 10.7. The average Bonchev–Trinajstić information content (AvgIpc) is 2.71. The Hall–Kier alpha value is -1.91. The van der Waals surface area contributed by atoms with Crippen LogP contribution in [0.25, 0.3) is 5.69 Å². The van der Waals surface area contributed by atoms with E-state index in [-0.39, 0.29) is 0 Å². The number of anilines is 1. The van der Waals surface area contributed by atoms with Crippen molar-refractivity contribution in [1.29, 1.82) is 0 Å². The van der Waals surface area contributed by atoms with E-state index in [1.54, 1.807) is 4.68 Å². The van der Waals surface area contributed by atoms with Gasteiger partial charge in [0.2, 0.25) is 0 Å². The molecule has 0 aliphatic carbocycles. The lowest BCUT2D eigenvalue weighted by molar-refractivity contribution is 0.767. The van der Waals surface area contributed by atoms with E-state index in [0.29, 0.717) is 5.69 Å². The predicted molar refractivity (Wildman–Crippen MR) is 62.4 cm³/mol. The highest BCUT2D eigenvalue weighted by atomic mass is 15.5. The minimum Gasteiger partial charge on any atom is -0.397 e. The van der Waals surface area contributed by atoms with Gasteiger partial charge in [-0.15, -0.1) is 5.10 Å². The van der Waals surface area contributed by atoms with Gasteiger partial charge < -0.3 is 5.73 Å². The van der Waals surface area contributed by atoms with Crippen molar-refractivity contribution in [2.75, 3.05) is 5.73 Å². The fourth-order valence-corrected chi connectivity index (χ4v) is 1.62. The minimum absolute atomic E-state index is 0.699. The molecule has 0 aliphatic heterocycles. The molecule has 16 heavy (non-hydrogen) atoms. The smallest absolute Gasteiger partial charge is 0.156 e. The lowest BCUT2D eigenvalue weighted by atomic mass is 10.1. The summed E-state index contributed by atoms with van der Waals surface area (Å²) < 4.78 is 1.70. The molecule has 0 bridgehead atoms. The van der Waals surface area contributed by atoms with E-state index in [9.17, 15) is 0 Å². The minimum atomic E-state index is 0.699. The van der Waals surface area contributed by atoms with Crippen LogP contribution in [0.3, 0.4) is 0 Å². The van der Waals surface area contributed by atoms with Crippen molar-refractivity contribution in [3.8, 4) is 5.69 Å². The second-order valence-corrected chi connectivity index (χ2v) is 3.86. The molecule has 5 heteroatoms. The number of hydrogen-bond acceptors (Lipinski definition) is 4. The molecule has 0 saturated carbocycles. The molecule has 0 saturated heterocycles. The molecule has 0 aliphatic rings. The predicted octanol–water partition coefficient (Wildman–Crippen LogP) is 1.42. The standard InChI is InChI=1S/C11H15N5/c1-4-11-13-14-15-16(11)10-6-8(3)7(2)5-9(10)12/h5-6H,4,12H2,1-3H3. The number of nitrogens with two attached hydrogens (primary N) is 1. The van der Waals surface area contributed by atoms with Crippen molar-refractivity contribution in [1.82, 2.24) is 20.2 Å². The van der Waals surface area contributed by atoms with Gasteiger partial charge in [-0.3, -0.25) is 0 Å². The lowest BCUT2D eigenvalue weighted by Crippen LogP contribution is -2.06. The molecule has 2 aromatic rings. The van der Waals surface area contributed by atoms with E-state index in [0.717, 1.165) is 17.9 Å². The molecule has 5 nitrogen and oxygen atoms in total. The molecule has 1 aromatic heterocycles. The number of tetrazole rings is 1. The molecule has 0 spiro atoms. The van der Waals surface area contributed by atoms with Gasteiger partial charge in [-0.25, -0.2) is 0 Å². The van der Waals surface area contributed by atoms with Gasteiger partial charge in [-0.05, 0) is 47.5 Å². The number of aromatic nitrogens is 4. The summed E-state index contributed by atoms with van der Waals surface area (Å²) in [4.78, 5) is 0. The lowest BCUT2D eigenvalue weighted by Gasteiger charge is -2.09. The first-order valence-electron chi connectivity index (χ1n) is 5.27. The first kappa shape index (κ1) is 10.6. The van der Waals surface area contributed by atoms with Gasteiger partial charge in [0.1, 0.15) is 0 Å². The van der Waals surface area contributed by atoms with Crippen molar-refractivity contribution >= 4 is 5.69 Å². The maximum absolute atomic E-state index is 5.99. The molecule has 0 atom stereocenters. The molecule has 84 valence electrons. The fourth-order valence-electron chi connectivity index (χ4n) is 1.62. The van der Waals surface area contributed by atoms with Crippen LogP contribution in [0.4, 0.5) is 5.69 Å². The van der Waals surface area contributed by atoms with Crippen LogP contribution in [0.1, 0.15) is 23.9 Å². The molecular formula is C11H15N5. The van der Waals surface area contributed by atoms with Crippen molar-refractivity contribution in [3.63, 3.8) is 0 Å². The Morgan fingerprint density at radius 2 is 1.94 bits per heavy atom. The van der Waals surface area contributed by atoms with E-state index in [1.807, 2.05) is 32.9 Å². The van der Waals surface area contributed by atoms with E-state index < -0.39 is 0 Å². The Bertz CT molecular complexity index is 515. The molecular weight excluding hydrogens is 202 g/mol. The van der Waals surface area contributed by atoms with Gasteiger partial charge in [0.25, 0.3) is 0 Å². The van der Waals surface area contributed by atoms with Crippen LogP contribution in [0, 0.1) is 13.8 Å².